The minimum Gasteiger partial charge on any atom is -0.485 e. The van der Waals surface area contributed by atoms with Gasteiger partial charge in [-0.3, -0.25) is 14.3 Å². The maximum Gasteiger partial charge on any atom is 0.277 e. The van der Waals surface area contributed by atoms with Crippen LogP contribution in [-0.4, -0.2) is 14.5 Å². The second-order valence-corrected chi connectivity index (χ2v) is 6.20. The van der Waals surface area contributed by atoms with Crippen LogP contribution in [0, 0.1) is 24.4 Å². The van der Waals surface area contributed by atoms with Gasteiger partial charge in [-0.15, -0.1) is 0 Å². The summed E-state index contributed by atoms with van der Waals surface area (Å²) in [4.78, 5) is 19.7. The molecule has 140 valence electrons. The molecule has 3 rings (SSSR count). The molecule has 0 atom stereocenters. The second-order valence-electron chi connectivity index (χ2n) is 5.43. The molecule has 0 bridgehead atoms. The molecule has 0 amide bonds. The molecule has 10 heteroatoms. The first-order valence-electron chi connectivity index (χ1n) is 7.44. The standard InChI is InChI=1S/C17H10Cl2F3N3O2/c1-8-2-14(27-7-12-10(21)3-9(20)5-23-12)16(19)17(26)25(8)13-4-15(18)24-6-11(13)22/h2-6H,7H2,1H3. The lowest BCUT2D eigenvalue weighted by Gasteiger charge is -2.15. The van der Waals surface area contributed by atoms with Crippen LogP contribution in [0.2, 0.25) is 10.2 Å². The predicted molar refractivity (Wildman–Crippen MR) is 93.0 cm³/mol. The van der Waals surface area contributed by atoms with E-state index < -0.39 is 23.0 Å². The van der Waals surface area contributed by atoms with Crippen LogP contribution in [0.3, 0.4) is 0 Å². The Morgan fingerprint density at radius 2 is 1.81 bits per heavy atom. The monoisotopic (exact) mass is 415 g/mol. The zero-order valence-electron chi connectivity index (χ0n) is 13.6. The summed E-state index contributed by atoms with van der Waals surface area (Å²) in [5.74, 6) is -2.55. The van der Waals surface area contributed by atoms with Gasteiger partial charge < -0.3 is 4.74 Å². The third kappa shape index (κ3) is 3.91. The van der Waals surface area contributed by atoms with Gasteiger partial charge in [0.05, 0.1) is 18.1 Å². The van der Waals surface area contributed by atoms with Crippen LogP contribution in [0.4, 0.5) is 13.2 Å². The minimum absolute atomic E-state index is 0.00740. The summed E-state index contributed by atoms with van der Waals surface area (Å²) in [6, 6.07) is 3.21. The van der Waals surface area contributed by atoms with E-state index in [2.05, 4.69) is 9.97 Å². The van der Waals surface area contributed by atoms with Crippen LogP contribution in [0.15, 0.2) is 35.4 Å². The molecule has 5 nitrogen and oxygen atoms in total. The lowest BCUT2D eigenvalue weighted by Crippen LogP contribution is -2.23. The van der Waals surface area contributed by atoms with Gasteiger partial charge in [0.15, 0.2) is 11.6 Å². The highest BCUT2D eigenvalue weighted by Crippen LogP contribution is 2.26. The highest BCUT2D eigenvalue weighted by Gasteiger charge is 2.17. The number of aryl methyl sites for hydroxylation is 1. The van der Waals surface area contributed by atoms with Crippen molar-refractivity contribution >= 4 is 23.2 Å². The van der Waals surface area contributed by atoms with Crippen molar-refractivity contribution in [2.75, 3.05) is 0 Å². The van der Waals surface area contributed by atoms with Gasteiger partial charge >= 0.3 is 0 Å². The topological polar surface area (TPSA) is 57.0 Å². The van der Waals surface area contributed by atoms with E-state index in [4.69, 9.17) is 27.9 Å². The van der Waals surface area contributed by atoms with Gasteiger partial charge in [0, 0.05) is 23.9 Å². The zero-order chi connectivity index (χ0) is 19.7. The number of nitrogens with zero attached hydrogens (tertiary/aromatic N) is 3. The minimum atomic E-state index is -0.898. The Morgan fingerprint density at radius 1 is 1.07 bits per heavy atom. The van der Waals surface area contributed by atoms with Crippen LogP contribution in [-0.2, 0) is 6.61 Å². The Labute approximate surface area is 161 Å². The van der Waals surface area contributed by atoms with Gasteiger partial charge in [-0.05, 0) is 6.92 Å². The SMILES string of the molecule is Cc1cc(OCc2ncc(F)cc2F)c(Cl)c(=O)n1-c1cc(Cl)ncc1F. The van der Waals surface area contributed by atoms with Crippen LogP contribution >= 0.6 is 23.2 Å². The van der Waals surface area contributed by atoms with Crippen LogP contribution in [0.25, 0.3) is 5.69 Å². The molecule has 0 aliphatic carbocycles. The molecule has 0 saturated heterocycles. The first-order valence-corrected chi connectivity index (χ1v) is 8.20. The highest BCUT2D eigenvalue weighted by molar-refractivity contribution is 6.32. The van der Waals surface area contributed by atoms with Gasteiger partial charge in [0.2, 0.25) is 0 Å². The Hall–Kier alpha value is -2.58. The van der Waals surface area contributed by atoms with Crippen molar-refractivity contribution in [1.29, 1.82) is 0 Å². The maximum absolute atomic E-state index is 14.1. The van der Waals surface area contributed by atoms with Crippen molar-refractivity contribution in [2.45, 2.75) is 13.5 Å². The molecule has 0 aliphatic heterocycles. The number of aromatic nitrogens is 3. The molecule has 27 heavy (non-hydrogen) atoms. The maximum atomic E-state index is 14.1. The van der Waals surface area contributed by atoms with E-state index in [-0.39, 0.29) is 39.6 Å². The largest absolute Gasteiger partial charge is 0.485 e. The highest BCUT2D eigenvalue weighted by atomic mass is 35.5. The molecule has 0 saturated carbocycles. The average Bonchev–Trinajstić information content (AvgIpc) is 2.61. The van der Waals surface area contributed by atoms with Gasteiger partial charge in [-0.1, -0.05) is 23.2 Å². The van der Waals surface area contributed by atoms with E-state index in [1.54, 1.807) is 0 Å². The quantitative estimate of drug-likeness (QED) is 0.598. The molecule has 0 aliphatic rings. The lowest BCUT2D eigenvalue weighted by atomic mass is 10.3. The van der Waals surface area contributed by atoms with E-state index in [0.717, 1.165) is 17.0 Å². The fourth-order valence-corrected chi connectivity index (χ4v) is 2.70. The smallest absolute Gasteiger partial charge is 0.277 e. The van der Waals surface area contributed by atoms with Crippen molar-refractivity contribution in [3.8, 4) is 11.4 Å². The molecule has 0 N–H and O–H groups in total. The summed E-state index contributed by atoms with van der Waals surface area (Å²) >= 11 is 11.8. The first kappa shape index (κ1) is 19.2. The van der Waals surface area contributed by atoms with Crippen molar-refractivity contribution in [3.63, 3.8) is 0 Å². The van der Waals surface area contributed by atoms with E-state index in [0.29, 0.717) is 6.07 Å². The molecule has 0 spiro atoms. The van der Waals surface area contributed by atoms with Gasteiger partial charge in [0.1, 0.15) is 34.0 Å². The molecule has 3 aromatic rings. The fourth-order valence-electron chi connectivity index (χ4n) is 2.36. The molecular weight excluding hydrogens is 406 g/mol. The molecule has 0 fully saturated rings. The summed E-state index contributed by atoms with van der Waals surface area (Å²) in [5, 5.41) is -0.359. The second kappa shape index (κ2) is 7.58. The molecule has 0 radical (unpaired) electrons. The van der Waals surface area contributed by atoms with Gasteiger partial charge in [-0.25, -0.2) is 18.2 Å². The van der Waals surface area contributed by atoms with Crippen molar-refractivity contribution < 1.29 is 17.9 Å². The molecular formula is C17H10Cl2F3N3O2. The molecule has 0 aromatic carbocycles. The Bertz CT molecular complexity index is 1090. The number of halogens is 5. The van der Waals surface area contributed by atoms with Crippen molar-refractivity contribution in [2.24, 2.45) is 0 Å². The van der Waals surface area contributed by atoms with Crippen LogP contribution in [0.5, 0.6) is 5.75 Å². The van der Waals surface area contributed by atoms with Crippen LogP contribution < -0.4 is 10.3 Å². The third-order valence-electron chi connectivity index (χ3n) is 3.59. The van der Waals surface area contributed by atoms with E-state index in [1.807, 2.05) is 0 Å². The summed E-state index contributed by atoms with van der Waals surface area (Å²) in [6.45, 7) is 1.14. The Morgan fingerprint density at radius 3 is 2.52 bits per heavy atom. The van der Waals surface area contributed by atoms with E-state index >= 15 is 0 Å². The number of rotatable bonds is 4. The van der Waals surface area contributed by atoms with Crippen LogP contribution in [0.1, 0.15) is 11.4 Å². The summed E-state index contributed by atoms with van der Waals surface area (Å²) in [7, 11) is 0. The predicted octanol–water partition coefficient (Wildman–Crippen LogP) is 4.24. The molecule has 3 aromatic heterocycles. The summed E-state index contributed by atoms with van der Waals surface area (Å²) in [6.07, 6.45) is 1.72. The third-order valence-corrected chi connectivity index (χ3v) is 4.15. The Kier molecular flexibility index (Phi) is 5.38. The van der Waals surface area contributed by atoms with E-state index in [9.17, 15) is 18.0 Å². The normalized spacial score (nSPS) is 10.9. The molecule has 3 heterocycles. The number of hydrogen-bond donors (Lipinski definition) is 0. The van der Waals surface area contributed by atoms with Crippen molar-refractivity contribution in [1.82, 2.24) is 14.5 Å². The number of ether oxygens (including phenoxy) is 1. The molecule has 0 unspecified atom stereocenters. The van der Waals surface area contributed by atoms with E-state index in [1.165, 1.54) is 19.1 Å². The Balaban J connectivity index is 1.98. The fraction of sp³-hybridized carbons (Fsp3) is 0.118. The summed E-state index contributed by atoms with van der Waals surface area (Å²) in [5.41, 5.74) is -0.771. The van der Waals surface area contributed by atoms with Crippen molar-refractivity contribution in [3.05, 3.63) is 80.0 Å². The number of pyridine rings is 3. The summed E-state index contributed by atoms with van der Waals surface area (Å²) < 4.78 is 46.9. The first-order chi connectivity index (χ1) is 12.8. The number of hydrogen-bond acceptors (Lipinski definition) is 4. The average molecular weight is 416 g/mol. The van der Waals surface area contributed by atoms with Gasteiger partial charge in [0.25, 0.3) is 5.56 Å². The van der Waals surface area contributed by atoms with Gasteiger partial charge in [-0.2, -0.15) is 0 Å². The zero-order valence-corrected chi connectivity index (χ0v) is 15.2. The lowest BCUT2D eigenvalue weighted by molar-refractivity contribution is 0.292.